The standard InChI is InChI=1S/C25H18ClNO4/c26-21-6-2-1-5-19(21)16-30-25(29)18-11-9-17(10-12-18)24-14-13-20(31-24)15-27-22-7-3-4-8-23(22)28/h1-15,28H,16H2. The van der Waals surface area contributed by atoms with Crippen molar-refractivity contribution in [3.8, 4) is 17.1 Å². The Kier molecular flexibility index (Phi) is 6.15. The normalized spacial score (nSPS) is 11.0. The lowest BCUT2D eigenvalue weighted by molar-refractivity contribution is 0.0473. The second-order valence-corrected chi connectivity index (χ2v) is 7.10. The van der Waals surface area contributed by atoms with E-state index in [1.165, 1.54) is 0 Å². The minimum atomic E-state index is -0.429. The number of carbonyl (C=O) groups excluding carboxylic acids is 1. The summed E-state index contributed by atoms with van der Waals surface area (Å²) in [7, 11) is 0. The first-order chi connectivity index (χ1) is 15.1. The Hall–Kier alpha value is -3.83. The van der Waals surface area contributed by atoms with Crippen LogP contribution >= 0.6 is 11.6 Å². The van der Waals surface area contributed by atoms with Crippen molar-refractivity contribution in [2.45, 2.75) is 6.61 Å². The molecule has 0 radical (unpaired) electrons. The number of rotatable bonds is 6. The predicted molar refractivity (Wildman–Crippen MR) is 120 cm³/mol. The number of aliphatic imine (C=N–C) groups is 1. The summed E-state index contributed by atoms with van der Waals surface area (Å²) in [5, 5.41) is 10.3. The summed E-state index contributed by atoms with van der Waals surface area (Å²) in [5.74, 6) is 0.847. The summed E-state index contributed by atoms with van der Waals surface area (Å²) in [5.41, 5.74) is 2.46. The Balaban J connectivity index is 1.41. The number of furan rings is 1. The zero-order valence-electron chi connectivity index (χ0n) is 16.4. The van der Waals surface area contributed by atoms with Crippen LogP contribution in [0.4, 0.5) is 5.69 Å². The molecule has 1 N–H and O–H groups in total. The van der Waals surface area contributed by atoms with Gasteiger partial charge in [0.05, 0.1) is 11.8 Å². The molecule has 1 heterocycles. The lowest BCUT2D eigenvalue weighted by Gasteiger charge is -2.07. The maximum Gasteiger partial charge on any atom is 0.338 e. The Bertz CT molecular complexity index is 1230. The van der Waals surface area contributed by atoms with Crippen LogP contribution in [0.3, 0.4) is 0 Å². The summed E-state index contributed by atoms with van der Waals surface area (Å²) >= 11 is 6.09. The molecular weight excluding hydrogens is 414 g/mol. The molecule has 0 spiro atoms. The third-order valence-corrected chi connectivity index (χ3v) is 4.93. The van der Waals surface area contributed by atoms with Crippen molar-refractivity contribution < 1.29 is 19.1 Å². The molecule has 4 aromatic rings. The Morgan fingerprint density at radius 2 is 1.71 bits per heavy atom. The fourth-order valence-electron chi connectivity index (χ4n) is 2.90. The number of phenolic OH excluding ortho intramolecular Hbond substituents is 1. The van der Waals surface area contributed by atoms with Crippen LogP contribution in [0.2, 0.25) is 5.02 Å². The molecule has 5 nitrogen and oxygen atoms in total. The molecule has 0 atom stereocenters. The number of benzene rings is 3. The van der Waals surface area contributed by atoms with Gasteiger partial charge >= 0.3 is 5.97 Å². The number of halogens is 1. The SMILES string of the molecule is O=C(OCc1ccccc1Cl)c1ccc(-c2ccc(C=Nc3ccccc3O)o2)cc1. The van der Waals surface area contributed by atoms with E-state index in [2.05, 4.69) is 4.99 Å². The summed E-state index contributed by atoms with van der Waals surface area (Å²) in [4.78, 5) is 16.5. The van der Waals surface area contributed by atoms with E-state index in [9.17, 15) is 9.90 Å². The molecule has 4 rings (SSSR count). The fourth-order valence-corrected chi connectivity index (χ4v) is 3.09. The van der Waals surface area contributed by atoms with Gasteiger partial charge in [-0.3, -0.25) is 0 Å². The first kappa shape index (κ1) is 20.4. The third kappa shape index (κ3) is 5.02. The molecule has 154 valence electrons. The zero-order chi connectivity index (χ0) is 21.6. The van der Waals surface area contributed by atoms with Crippen molar-refractivity contribution >= 4 is 29.5 Å². The van der Waals surface area contributed by atoms with Crippen LogP contribution in [-0.2, 0) is 11.3 Å². The zero-order valence-corrected chi connectivity index (χ0v) is 17.1. The smallest absolute Gasteiger partial charge is 0.338 e. The van der Waals surface area contributed by atoms with Gasteiger partial charge in [0.25, 0.3) is 0 Å². The van der Waals surface area contributed by atoms with Crippen molar-refractivity contribution in [3.63, 3.8) is 0 Å². The maximum atomic E-state index is 12.3. The molecule has 0 saturated carbocycles. The number of ether oxygens (including phenoxy) is 1. The van der Waals surface area contributed by atoms with Gasteiger partial charge in [-0.15, -0.1) is 0 Å². The van der Waals surface area contributed by atoms with E-state index < -0.39 is 5.97 Å². The molecule has 0 aliphatic carbocycles. The molecule has 0 aliphatic heterocycles. The number of hydrogen-bond donors (Lipinski definition) is 1. The summed E-state index contributed by atoms with van der Waals surface area (Å²) in [6, 6.07) is 24.6. The Labute approximate surface area is 184 Å². The van der Waals surface area contributed by atoms with Crippen molar-refractivity contribution in [1.29, 1.82) is 0 Å². The van der Waals surface area contributed by atoms with Crippen LogP contribution in [-0.4, -0.2) is 17.3 Å². The highest BCUT2D eigenvalue weighted by atomic mass is 35.5. The molecule has 0 unspecified atom stereocenters. The lowest BCUT2D eigenvalue weighted by Crippen LogP contribution is -2.05. The third-order valence-electron chi connectivity index (χ3n) is 4.56. The minimum Gasteiger partial charge on any atom is -0.506 e. The largest absolute Gasteiger partial charge is 0.506 e. The van der Waals surface area contributed by atoms with Crippen molar-refractivity contribution in [3.05, 3.63) is 107 Å². The monoisotopic (exact) mass is 431 g/mol. The first-order valence-corrected chi connectivity index (χ1v) is 9.91. The molecular formula is C25H18ClNO4. The van der Waals surface area contributed by atoms with E-state index in [-0.39, 0.29) is 12.4 Å². The molecule has 0 saturated heterocycles. The van der Waals surface area contributed by atoms with E-state index >= 15 is 0 Å². The predicted octanol–water partition coefficient (Wildman–Crippen LogP) is 6.41. The van der Waals surface area contributed by atoms with Crippen molar-refractivity contribution in [2.75, 3.05) is 0 Å². The Morgan fingerprint density at radius 1 is 0.968 bits per heavy atom. The average molecular weight is 432 g/mol. The molecule has 0 amide bonds. The van der Waals surface area contributed by atoms with Gasteiger partial charge in [0.2, 0.25) is 0 Å². The average Bonchev–Trinajstić information content (AvgIpc) is 3.27. The number of esters is 1. The van der Waals surface area contributed by atoms with Gasteiger partial charge < -0.3 is 14.3 Å². The number of nitrogens with zero attached hydrogens (tertiary/aromatic N) is 1. The number of phenols is 1. The molecule has 1 aromatic heterocycles. The number of aromatic hydroxyl groups is 1. The highest BCUT2D eigenvalue weighted by Crippen LogP contribution is 2.26. The second kappa shape index (κ2) is 9.32. The summed E-state index contributed by atoms with van der Waals surface area (Å²) < 4.78 is 11.1. The fraction of sp³-hybridized carbons (Fsp3) is 0.0400. The molecule has 3 aromatic carbocycles. The lowest BCUT2D eigenvalue weighted by atomic mass is 10.1. The van der Waals surface area contributed by atoms with E-state index in [0.29, 0.717) is 27.8 Å². The second-order valence-electron chi connectivity index (χ2n) is 6.69. The summed E-state index contributed by atoms with van der Waals surface area (Å²) in [6.45, 7) is 0.109. The highest BCUT2D eigenvalue weighted by Gasteiger charge is 2.10. The van der Waals surface area contributed by atoms with E-state index in [4.69, 9.17) is 20.8 Å². The molecule has 31 heavy (non-hydrogen) atoms. The number of hydrogen-bond acceptors (Lipinski definition) is 5. The maximum absolute atomic E-state index is 12.3. The summed E-state index contributed by atoms with van der Waals surface area (Å²) in [6.07, 6.45) is 1.54. The highest BCUT2D eigenvalue weighted by molar-refractivity contribution is 6.31. The topological polar surface area (TPSA) is 72.0 Å². The van der Waals surface area contributed by atoms with Crippen molar-refractivity contribution in [1.82, 2.24) is 0 Å². The van der Waals surface area contributed by atoms with Gasteiger partial charge in [0, 0.05) is 16.1 Å². The van der Waals surface area contributed by atoms with Crippen LogP contribution < -0.4 is 0 Å². The number of carbonyl (C=O) groups is 1. The molecule has 0 fully saturated rings. The Morgan fingerprint density at radius 3 is 2.48 bits per heavy atom. The van der Waals surface area contributed by atoms with E-state index in [1.807, 2.05) is 24.3 Å². The van der Waals surface area contributed by atoms with Gasteiger partial charge in [-0.2, -0.15) is 0 Å². The molecule has 0 aliphatic rings. The van der Waals surface area contributed by atoms with E-state index in [1.54, 1.807) is 66.9 Å². The van der Waals surface area contributed by atoms with Crippen LogP contribution in [0.25, 0.3) is 11.3 Å². The van der Waals surface area contributed by atoms with Crippen LogP contribution in [0, 0.1) is 0 Å². The first-order valence-electron chi connectivity index (χ1n) is 9.53. The van der Waals surface area contributed by atoms with Gasteiger partial charge in [-0.1, -0.05) is 54.1 Å². The number of para-hydroxylation sites is 2. The van der Waals surface area contributed by atoms with Crippen LogP contribution in [0.15, 0.2) is 94.3 Å². The van der Waals surface area contributed by atoms with Gasteiger partial charge in [0.15, 0.2) is 0 Å². The van der Waals surface area contributed by atoms with Gasteiger partial charge in [-0.25, -0.2) is 9.79 Å². The quantitative estimate of drug-likeness (QED) is 0.282. The molecule has 6 heteroatoms. The molecule has 0 bridgehead atoms. The van der Waals surface area contributed by atoms with Gasteiger partial charge in [-0.05, 0) is 42.5 Å². The van der Waals surface area contributed by atoms with E-state index in [0.717, 1.165) is 11.1 Å². The van der Waals surface area contributed by atoms with Crippen LogP contribution in [0.5, 0.6) is 5.75 Å². The van der Waals surface area contributed by atoms with Gasteiger partial charge in [0.1, 0.15) is 29.6 Å². The minimum absolute atomic E-state index is 0.0996. The van der Waals surface area contributed by atoms with Crippen molar-refractivity contribution in [2.24, 2.45) is 4.99 Å². The van der Waals surface area contributed by atoms with Crippen LogP contribution in [0.1, 0.15) is 21.7 Å².